The summed E-state index contributed by atoms with van der Waals surface area (Å²) in [4.78, 5) is 0. The predicted molar refractivity (Wildman–Crippen MR) is 186 cm³/mol. The van der Waals surface area contributed by atoms with Gasteiger partial charge < -0.3 is 24.8 Å². The van der Waals surface area contributed by atoms with Gasteiger partial charge in [-0.1, -0.05) is 118 Å². The van der Waals surface area contributed by atoms with Crippen molar-refractivity contribution in [2.75, 3.05) is 0 Å². The quantitative estimate of drug-likeness (QED) is 0.235. The maximum absolute atomic E-state index is 3.92. The SMILES string of the molecule is CCc1ccc2c(c1)=[C-]C1=C(C3=CC=CC3)C(CC)([Si](CC)(CC)CC)C=CC=21.[Cl-].[Cl-].[Zr+2]=[C](c1ccccc1)c1ccccc1. The molecule has 0 fully saturated rings. The molecule has 1 atom stereocenters. The van der Waals surface area contributed by atoms with E-state index in [1.807, 2.05) is 0 Å². The van der Waals surface area contributed by atoms with E-state index in [2.05, 4.69) is 150 Å². The Hall–Kier alpha value is -2.09. The van der Waals surface area contributed by atoms with Gasteiger partial charge in [0.05, 0.1) is 8.07 Å². The average Bonchev–Trinajstić information content (AvgIpc) is 3.74. The molecule has 3 aromatic carbocycles. The van der Waals surface area contributed by atoms with E-state index in [0.29, 0.717) is 0 Å². The number of halogens is 2. The first-order valence-electron chi connectivity index (χ1n) is 16.2. The van der Waals surface area contributed by atoms with Gasteiger partial charge in [-0.15, -0.1) is 33.7 Å². The van der Waals surface area contributed by atoms with Crippen LogP contribution >= 0.6 is 0 Å². The van der Waals surface area contributed by atoms with E-state index in [-0.39, 0.29) is 29.9 Å². The minimum absolute atomic E-state index is 0. The third-order valence-corrected chi connectivity index (χ3v) is 18.4. The van der Waals surface area contributed by atoms with Crippen molar-refractivity contribution >= 4 is 22.9 Å². The number of hydrogen-bond donors (Lipinski definition) is 0. The zero-order chi connectivity index (χ0) is 30.5. The van der Waals surface area contributed by atoms with Gasteiger partial charge in [0, 0.05) is 0 Å². The second-order valence-corrected chi connectivity index (χ2v) is 18.8. The summed E-state index contributed by atoms with van der Waals surface area (Å²) in [6.45, 7) is 12.0. The van der Waals surface area contributed by atoms with E-state index >= 15 is 0 Å². The Morgan fingerprint density at radius 2 is 1.42 bits per heavy atom. The molecule has 3 aliphatic rings. The van der Waals surface area contributed by atoms with Gasteiger partial charge in [-0.3, -0.25) is 0 Å². The van der Waals surface area contributed by atoms with Gasteiger partial charge in [-0.05, 0) is 17.9 Å². The zero-order valence-electron chi connectivity index (χ0n) is 27.4. The standard InChI is InChI=1S/C28H35Si.C13H10.2ClH.Zr/c1-6-21-15-16-24-23(19-21)20-26-25(24)17-18-28(7-2,29(8-3,9-4)10-5)27(26)22-13-11-12-14-22;1-3-7-12(8-4-1)11-13-9-5-2-6-10-13;;;/h11-13,15-19H,6-10,14H2,1-5H3;1-10H;2*1H;/q-1;;;;+2/p-2. The van der Waals surface area contributed by atoms with E-state index in [0.717, 1.165) is 12.8 Å². The van der Waals surface area contributed by atoms with Crippen molar-refractivity contribution in [1.29, 1.82) is 0 Å². The molecule has 0 radical (unpaired) electrons. The normalized spacial score (nSPS) is 17.7. The van der Waals surface area contributed by atoms with Crippen LogP contribution in [0.1, 0.15) is 64.2 Å². The van der Waals surface area contributed by atoms with Crippen molar-refractivity contribution in [3.8, 4) is 0 Å². The Balaban J connectivity index is 0.000000292. The minimum atomic E-state index is -1.55. The van der Waals surface area contributed by atoms with Crippen molar-refractivity contribution in [3.05, 3.63) is 153 Å². The monoisotopic (exact) mass is 725 g/mol. The Morgan fingerprint density at radius 3 is 1.91 bits per heavy atom. The molecule has 3 aromatic rings. The molecule has 232 valence electrons. The molecule has 0 heterocycles. The number of benzene rings is 3. The first kappa shape index (κ1) is 37.4. The van der Waals surface area contributed by atoms with Crippen LogP contribution in [0.15, 0.2) is 126 Å². The summed E-state index contributed by atoms with van der Waals surface area (Å²) < 4.78 is 1.42. The molecule has 0 aromatic heterocycles. The molecule has 0 saturated heterocycles. The summed E-state index contributed by atoms with van der Waals surface area (Å²) >= 11 is 1.46. The molecule has 6 rings (SSSR count). The molecular formula is C41H45Cl2SiZr-. The summed E-state index contributed by atoms with van der Waals surface area (Å²) in [6, 6.07) is 32.1. The van der Waals surface area contributed by atoms with Crippen molar-refractivity contribution in [2.24, 2.45) is 0 Å². The van der Waals surface area contributed by atoms with Crippen LogP contribution in [0.2, 0.25) is 23.2 Å². The topological polar surface area (TPSA) is 0 Å². The fourth-order valence-corrected chi connectivity index (χ4v) is 13.9. The number of allylic oxidation sites excluding steroid dienone is 8. The number of rotatable bonds is 9. The van der Waals surface area contributed by atoms with Gasteiger partial charge in [0.2, 0.25) is 0 Å². The van der Waals surface area contributed by atoms with Crippen LogP contribution in [0.3, 0.4) is 0 Å². The molecule has 4 heteroatoms. The summed E-state index contributed by atoms with van der Waals surface area (Å²) in [7, 11) is -1.55. The fourth-order valence-electron chi connectivity index (χ4n) is 7.65. The van der Waals surface area contributed by atoms with Gasteiger partial charge >= 0.3 is 99.2 Å². The molecule has 1 unspecified atom stereocenters. The molecule has 0 aliphatic heterocycles. The Kier molecular flexibility index (Phi) is 13.8. The summed E-state index contributed by atoms with van der Waals surface area (Å²) in [5.74, 6) is 0. The van der Waals surface area contributed by atoms with E-state index in [1.54, 1.807) is 5.57 Å². The van der Waals surface area contributed by atoms with Crippen LogP contribution in [0.25, 0.3) is 11.6 Å². The third-order valence-electron chi connectivity index (χ3n) is 10.3. The van der Waals surface area contributed by atoms with Gasteiger partial charge in [-0.25, -0.2) is 0 Å². The van der Waals surface area contributed by atoms with Crippen LogP contribution in [-0.2, 0) is 30.7 Å². The number of fused-ring (bicyclic) bond motifs is 2. The van der Waals surface area contributed by atoms with Gasteiger partial charge in [0.15, 0.2) is 0 Å². The van der Waals surface area contributed by atoms with Gasteiger partial charge in [0.25, 0.3) is 0 Å². The molecule has 0 spiro atoms. The predicted octanol–water partition coefficient (Wildman–Crippen LogP) is 3.29. The third kappa shape index (κ3) is 7.11. The molecule has 0 nitrogen and oxygen atoms in total. The average molecular weight is 728 g/mol. The van der Waals surface area contributed by atoms with Crippen molar-refractivity contribution in [3.63, 3.8) is 0 Å². The molecule has 3 aliphatic carbocycles. The number of aryl methyl sites for hydroxylation is 1. The Bertz CT molecular complexity index is 1680. The fraction of sp³-hybridized carbons (Fsp3) is 0.293. The second-order valence-electron chi connectivity index (χ2n) is 12.0. The maximum atomic E-state index is 3.92. The van der Waals surface area contributed by atoms with Crippen LogP contribution < -0.4 is 35.3 Å². The molecule has 45 heavy (non-hydrogen) atoms. The van der Waals surface area contributed by atoms with Gasteiger partial charge in [0.1, 0.15) is 0 Å². The summed E-state index contributed by atoms with van der Waals surface area (Å²) in [6.07, 6.45) is 19.3. The summed E-state index contributed by atoms with van der Waals surface area (Å²) in [5, 5.41) is 2.88. The molecule has 0 saturated carbocycles. The van der Waals surface area contributed by atoms with E-state index < -0.39 is 8.07 Å². The van der Waals surface area contributed by atoms with Gasteiger partial charge in [-0.2, -0.15) is 0 Å². The van der Waals surface area contributed by atoms with E-state index in [4.69, 9.17) is 0 Å². The first-order valence-corrected chi connectivity index (χ1v) is 20.1. The molecule has 0 amide bonds. The molecule has 0 N–H and O–H groups in total. The van der Waals surface area contributed by atoms with E-state index in [9.17, 15) is 0 Å². The van der Waals surface area contributed by atoms with Crippen molar-refractivity contribution < 1.29 is 49.0 Å². The first-order chi connectivity index (χ1) is 21.0. The van der Waals surface area contributed by atoms with Crippen LogP contribution in [-0.4, -0.2) is 11.3 Å². The van der Waals surface area contributed by atoms with E-state index in [1.165, 1.54) is 95.8 Å². The van der Waals surface area contributed by atoms with Crippen molar-refractivity contribution in [2.45, 2.75) is 77.1 Å². The van der Waals surface area contributed by atoms with Crippen LogP contribution in [0, 0.1) is 0 Å². The molecular weight excluding hydrogens is 683 g/mol. The van der Waals surface area contributed by atoms with Crippen molar-refractivity contribution in [1.82, 2.24) is 0 Å². The Morgan fingerprint density at radius 1 is 0.822 bits per heavy atom. The van der Waals surface area contributed by atoms with Crippen LogP contribution in [0.5, 0.6) is 0 Å². The zero-order valence-corrected chi connectivity index (χ0v) is 32.4. The van der Waals surface area contributed by atoms with Crippen LogP contribution in [0.4, 0.5) is 0 Å². The second kappa shape index (κ2) is 16.6. The molecule has 0 bridgehead atoms. The Labute approximate surface area is 300 Å². The number of hydrogen-bond acceptors (Lipinski definition) is 0. The summed E-state index contributed by atoms with van der Waals surface area (Å²) in [5.41, 5.74) is 10.0.